The van der Waals surface area contributed by atoms with Crippen molar-refractivity contribution in [1.82, 2.24) is 5.43 Å². The molecule has 0 aliphatic carbocycles. The lowest BCUT2D eigenvalue weighted by Gasteiger charge is -2.20. The van der Waals surface area contributed by atoms with E-state index in [2.05, 4.69) is 55.3 Å². The third-order valence-corrected chi connectivity index (χ3v) is 4.32. The molecule has 0 radical (unpaired) electrons. The van der Waals surface area contributed by atoms with Gasteiger partial charge in [-0.05, 0) is 49.1 Å². The van der Waals surface area contributed by atoms with Gasteiger partial charge in [-0.3, -0.25) is 4.79 Å². The van der Waals surface area contributed by atoms with E-state index in [1.807, 2.05) is 36.4 Å². The molecule has 144 valence electrons. The van der Waals surface area contributed by atoms with Gasteiger partial charge in [-0.15, -0.1) is 0 Å². The molecule has 0 saturated heterocycles. The fourth-order valence-corrected chi connectivity index (χ4v) is 2.80. The van der Waals surface area contributed by atoms with Gasteiger partial charge >= 0.3 is 0 Å². The van der Waals surface area contributed by atoms with Crippen LogP contribution in [-0.2, 0) is 4.79 Å². The number of nitrogens with zero attached hydrogens (tertiary/aromatic N) is 2. The van der Waals surface area contributed by atoms with E-state index in [9.17, 15) is 4.79 Å². The summed E-state index contributed by atoms with van der Waals surface area (Å²) in [5, 5.41) is 4.01. The molecule has 5 heteroatoms. The molecular weight excluding hydrogens is 338 g/mol. The molecule has 2 aromatic carbocycles. The number of benzene rings is 2. The first kappa shape index (κ1) is 20.5. The average molecular weight is 367 g/mol. The number of nitrogens with one attached hydrogen (secondary N) is 1. The van der Waals surface area contributed by atoms with Crippen LogP contribution in [0.2, 0.25) is 0 Å². The number of ether oxygens (including phenoxy) is 1. The number of rotatable bonds is 9. The highest BCUT2D eigenvalue weighted by Gasteiger charge is 2.08. The lowest BCUT2D eigenvalue weighted by atomic mass is 10.0. The maximum absolute atomic E-state index is 12.0. The van der Waals surface area contributed by atoms with Crippen molar-refractivity contribution in [3.63, 3.8) is 0 Å². The van der Waals surface area contributed by atoms with E-state index in [-0.39, 0.29) is 12.5 Å². The van der Waals surface area contributed by atoms with E-state index < -0.39 is 0 Å². The predicted octanol–water partition coefficient (Wildman–Crippen LogP) is 4.19. The lowest BCUT2D eigenvalue weighted by Crippen LogP contribution is -2.25. The standard InChI is InChI=1S/C22H29N3O2/c1-5-25(6-2)19-13-11-18(12-14-19)15-23-24-22(26)16-27-21-10-8-7-9-20(21)17(3)4/h7-15,17H,5-6,16H2,1-4H3,(H,24,26)/b23-15+. The van der Waals surface area contributed by atoms with Crippen molar-refractivity contribution in [2.75, 3.05) is 24.6 Å². The van der Waals surface area contributed by atoms with Crippen molar-refractivity contribution in [3.05, 3.63) is 59.7 Å². The van der Waals surface area contributed by atoms with Crippen LogP contribution in [0.15, 0.2) is 53.6 Å². The Morgan fingerprint density at radius 2 is 1.78 bits per heavy atom. The molecule has 27 heavy (non-hydrogen) atoms. The summed E-state index contributed by atoms with van der Waals surface area (Å²) in [4.78, 5) is 14.2. The van der Waals surface area contributed by atoms with E-state index in [0.29, 0.717) is 5.92 Å². The van der Waals surface area contributed by atoms with E-state index >= 15 is 0 Å². The van der Waals surface area contributed by atoms with Crippen LogP contribution in [0.5, 0.6) is 5.75 Å². The van der Waals surface area contributed by atoms with Crippen molar-refractivity contribution >= 4 is 17.8 Å². The van der Waals surface area contributed by atoms with Gasteiger partial charge in [0.05, 0.1) is 6.21 Å². The van der Waals surface area contributed by atoms with E-state index in [1.54, 1.807) is 6.21 Å². The molecule has 2 rings (SSSR count). The minimum absolute atomic E-state index is 0.0675. The molecule has 0 saturated carbocycles. The molecule has 0 aliphatic heterocycles. The topological polar surface area (TPSA) is 53.9 Å². The van der Waals surface area contributed by atoms with Crippen molar-refractivity contribution in [2.24, 2.45) is 5.10 Å². The first-order valence-electron chi connectivity index (χ1n) is 9.43. The van der Waals surface area contributed by atoms with Crippen LogP contribution in [0.4, 0.5) is 5.69 Å². The SMILES string of the molecule is CCN(CC)c1ccc(/C=N/NC(=O)COc2ccccc2C(C)C)cc1. The fraction of sp³-hybridized carbons (Fsp3) is 0.364. The summed E-state index contributed by atoms with van der Waals surface area (Å²) in [6.07, 6.45) is 1.63. The normalized spacial score (nSPS) is 11.0. The summed E-state index contributed by atoms with van der Waals surface area (Å²) in [5.41, 5.74) is 5.70. The number of hydrogen-bond acceptors (Lipinski definition) is 4. The van der Waals surface area contributed by atoms with Crippen LogP contribution in [0.1, 0.15) is 44.7 Å². The first-order chi connectivity index (χ1) is 13.0. The number of anilines is 1. The summed E-state index contributed by atoms with van der Waals surface area (Å²) in [5.74, 6) is 0.782. The monoisotopic (exact) mass is 367 g/mol. The Balaban J connectivity index is 1.85. The molecule has 0 unspecified atom stereocenters. The van der Waals surface area contributed by atoms with Gasteiger partial charge in [0.25, 0.3) is 5.91 Å². The molecule has 0 aliphatic rings. The van der Waals surface area contributed by atoms with Crippen molar-refractivity contribution < 1.29 is 9.53 Å². The summed E-state index contributed by atoms with van der Waals surface area (Å²) in [7, 11) is 0. The van der Waals surface area contributed by atoms with Gasteiger partial charge in [0.1, 0.15) is 5.75 Å². The number of amides is 1. The fourth-order valence-electron chi connectivity index (χ4n) is 2.80. The van der Waals surface area contributed by atoms with Crippen LogP contribution in [0, 0.1) is 0 Å². The van der Waals surface area contributed by atoms with Gasteiger partial charge in [0, 0.05) is 18.8 Å². The maximum Gasteiger partial charge on any atom is 0.277 e. The van der Waals surface area contributed by atoms with Crippen LogP contribution in [-0.4, -0.2) is 31.8 Å². The Kier molecular flexibility index (Phi) is 7.86. The molecule has 0 aromatic heterocycles. The zero-order valence-electron chi connectivity index (χ0n) is 16.6. The van der Waals surface area contributed by atoms with Gasteiger partial charge in [-0.1, -0.05) is 44.2 Å². The molecule has 0 bridgehead atoms. The molecule has 0 atom stereocenters. The van der Waals surface area contributed by atoms with Gasteiger partial charge < -0.3 is 9.64 Å². The van der Waals surface area contributed by atoms with Crippen molar-refractivity contribution in [3.8, 4) is 5.75 Å². The van der Waals surface area contributed by atoms with E-state index in [0.717, 1.165) is 30.0 Å². The Labute approximate surface area is 162 Å². The number of para-hydroxylation sites is 1. The van der Waals surface area contributed by atoms with Gasteiger partial charge in [-0.25, -0.2) is 5.43 Å². The second-order valence-electron chi connectivity index (χ2n) is 6.54. The zero-order valence-corrected chi connectivity index (χ0v) is 16.6. The van der Waals surface area contributed by atoms with Crippen molar-refractivity contribution in [1.29, 1.82) is 0 Å². The smallest absolute Gasteiger partial charge is 0.277 e. The first-order valence-corrected chi connectivity index (χ1v) is 9.43. The second kappa shape index (κ2) is 10.4. The molecule has 0 spiro atoms. The van der Waals surface area contributed by atoms with Gasteiger partial charge in [0.15, 0.2) is 6.61 Å². The van der Waals surface area contributed by atoms with Gasteiger partial charge in [0.2, 0.25) is 0 Å². The quantitative estimate of drug-likeness (QED) is 0.534. The molecule has 0 heterocycles. The number of hydrazone groups is 1. The molecule has 1 amide bonds. The van der Waals surface area contributed by atoms with E-state index in [4.69, 9.17) is 4.74 Å². The highest BCUT2D eigenvalue weighted by atomic mass is 16.5. The summed E-state index contributed by atoms with van der Waals surface area (Å²) in [6, 6.07) is 15.8. The average Bonchev–Trinajstić information content (AvgIpc) is 2.68. The van der Waals surface area contributed by atoms with Crippen LogP contribution < -0.4 is 15.1 Å². The summed E-state index contributed by atoms with van der Waals surface area (Å²) >= 11 is 0. The maximum atomic E-state index is 12.0. The summed E-state index contributed by atoms with van der Waals surface area (Å²) < 4.78 is 5.64. The van der Waals surface area contributed by atoms with E-state index in [1.165, 1.54) is 5.69 Å². The second-order valence-corrected chi connectivity index (χ2v) is 6.54. The highest BCUT2D eigenvalue weighted by molar-refractivity contribution is 5.83. The Morgan fingerprint density at radius 3 is 2.41 bits per heavy atom. The predicted molar refractivity (Wildman–Crippen MR) is 112 cm³/mol. The number of carbonyl (C=O) groups is 1. The molecule has 1 N–H and O–H groups in total. The Morgan fingerprint density at radius 1 is 1.11 bits per heavy atom. The lowest BCUT2D eigenvalue weighted by molar-refractivity contribution is -0.123. The van der Waals surface area contributed by atoms with Gasteiger partial charge in [-0.2, -0.15) is 5.10 Å². The minimum Gasteiger partial charge on any atom is -0.483 e. The van der Waals surface area contributed by atoms with Crippen LogP contribution in [0.3, 0.4) is 0 Å². The summed E-state index contributed by atoms with van der Waals surface area (Å²) in [6.45, 7) is 10.3. The molecule has 2 aromatic rings. The number of hydrogen-bond donors (Lipinski definition) is 1. The molecular formula is C22H29N3O2. The minimum atomic E-state index is -0.287. The molecule has 0 fully saturated rings. The zero-order chi connectivity index (χ0) is 19.6. The highest BCUT2D eigenvalue weighted by Crippen LogP contribution is 2.25. The Hall–Kier alpha value is -2.82. The Bertz CT molecular complexity index is 750. The van der Waals surface area contributed by atoms with Crippen molar-refractivity contribution in [2.45, 2.75) is 33.6 Å². The third-order valence-electron chi connectivity index (χ3n) is 4.32. The third kappa shape index (κ3) is 6.13. The largest absolute Gasteiger partial charge is 0.483 e. The number of carbonyl (C=O) groups excluding carboxylic acids is 1. The van der Waals surface area contributed by atoms with Crippen LogP contribution >= 0.6 is 0 Å². The van der Waals surface area contributed by atoms with Crippen LogP contribution in [0.25, 0.3) is 0 Å². The molecule has 5 nitrogen and oxygen atoms in total.